The van der Waals surface area contributed by atoms with Gasteiger partial charge in [0, 0.05) is 25.8 Å². The zero-order chi connectivity index (χ0) is 14.8. The van der Waals surface area contributed by atoms with Gasteiger partial charge in [-0.3, -0.25) is 4.79 Å². The van der Waals surface area contributed by atoms with E-state index in [1.165, 1.54) is 12.1 Å². The van der Waals surface area contributed by atoms with Crippen LogP contribution in [0.4, 0.5) is 10.1 Å². The van der Waals surface area contributed by atoms with E-state index in [1.54, 1.807) is 24.1 Å². The summed E-state index contributed by atoms with van der Waals surface area (Å²) in [4.78, 5) is 14.3. The van der Waals surface area contributed by atoms with Crippen LogP contribution in [0.3, 0.4) is 0 Å². The lowest BCUT2D eigenvalue weighted by Gasteiger charge is -2.21. The topological polar surface area (TPSA) is 32.3 Å². The Kier molecular flexibility index (Phi) is 3.60. The van der Waals surface area contributed by atoms with Gasteiger partial charge in [-0.15, -0.1) is 0 Å². The maximum Gasteiger partial charge on any atom is 0.232 e. The summed E-state index contributed by atoms with van der Waals surface area (Å²) in [5, 5.41) is 3.26. The van der Waals surface area contributed by atoms with E-state index < -0.39 is 0 Å². The van der Waals surface area contributed by atoms with Crippen molar-refractivity contribution in [2.75, 3.05) is 18.9 Å². The smallest absolute Gasteiger partial charge is 0.232 e. The van der Waals surface area contributed by atoms with E-state index in [0.717, 1.165) is 16.8 Å². The van der Waals surface area contributed by atoms with Gasteiger partial charge in [0.05, 0.1) is 5.92 Å². The summed E-state index contributed by atoms with van der Waals surface area (Å²) in [7, 11) is 1.78. The molecule has 1 amide bonds. The van der Waals surface area contributed by atoms with Crippen molar-refractivity contribution in [3.05, 3.63) is 65.5 Å². The van der Waals surface area contributed by atoms with Gasteiger partial charge in [0.15, 0.2) is 0 Å². The highest BCUT2D eigenvalue weighted by molar-refractivity contribution is 5.88. The first kappa shape index (κ1) is 13.6. The van der Waals surface area contributed by atoms with Crippen LogP contribution in [0.5, 0.6) is 0 Å². The zero-order valence-electron chi connectivity index (χ0n) is 11.8. The number of nitrogens with zero attached hydrogens (tertiary/aromatic N) is 1. The monoisotopic (exact) mass is 284 g/mol. The molecule has 3 rings (SSSR count). The highest BCUT2D eigenvalue weighted by Crippen LogP contribution is 2.32. The number of amides is 1. The second kappa shape index (κ2) is 5.56. The Morgan fingerprint density at radius 1 is 1.24 bits per heavy atom. The molecule has 0 radical (unpaired) electrons. The van der Waals surface area contributed by atoms with Crippen molar-refractivity contribution in [3.63, 3.8) is 0 Å². The summed E-state index contributed by atoms with van der Waals surface area (Å²) in [6.45, 7) is 1.11. The van der Waals surface area contributed by atoms with Gasteiger partial charge in [-0.2, -0.15) is 0 Å². The maximum atomic E-state index is 12.9. The molecule has 2 aromatic carbocycles. The molecule has 0 aliphatic carbocycles. The molecule has 1 atom stereocenters. The normalized spacial score (nSPS) is 16.2. The lowest BCUT2D eigenvalue weighted by atomic mass is 10.00. The van der Waals surface area contributed by atoms with Gasteiger partial charge >= 0.3 is 0 Å². The van der Waals surface area contributed by atoms with Gasteiger partial charge in [0.2, 0.25) is 5.91 Å². The third kappa shape index (κ3) is 2.75. The molecule has 1 aliphatic rings. The Labute approximate surface area is 123 Å². The quantitative estimate of drug-likeness (QED) is 0.939. The van der Waals surface area contributed by atoms with Crippen molar-refractivity contribution in [2.45, 2.75) is 12.5 Å². The third-order valence-electron chi connectivity index (χ3n) is 3.84. The van der Waals surface area contributed by atoms with Crippen LogP contribution in [0, 0.1) is 5.82 Å². The van der Waals surface area contributed by atoms with Gasteiger partial charge in [-0.1, -0.05) is 30.3 Å². The van der Waals surface area contributed by atoms with Gasteiger partial charge in [0.1, 0.15) is 5.82 Å². The number of para-hydroxylation sites is 1. The molecule has 0 saturated heterocycles. The molecule has 3 nitrogen and oxygen atoms in total. The van der Waals surface area contributed by atoms with Gasteiger partial charge in [-0.25, -0.2) is 4.39 Å². The van der Waals surface area contributed by atoms with E-state index >= 15 is 0 Å². The molecule has 1 heterocycles. The first-order valence-electron chi connectivity index (χ1n) is 6.97. The molecular weight excluding hydrogens is 267 g/mol. The standard InChI is InChI=1S/C17H17FN2O/c1-20(11-12-6-8-13(18)9-7-12)17(21)15-10-19-16-5-3-2-4-14(15)16/h2-9,15,19H,10-11H2,1H3. The van der Waals surface area contributed by atoms with Gasteiger partial charge < -0.3 is 10.2 Å². The minimum atomic E-state index is -0.262. The van der Waals surface area contributed by atoms with E-state index in [-0.39, 0.29) is 17.6 Å². The Bertz CT molecular complexity index is 654. The number of fused-ring (bicyclic) bond motifs is 1. The minimum absolute atomic E-state index is 0.0803. The first-order valence-corrected chi connectivity index (χ1v) is 6.97. The number of nitrogens with one attached hydrogen (secondary N) is 1. The van der Waals surface area contributed by atoms with Crippen LogP contribution in [0.2, 0.25) is 0 Å². The van der Waals surface area contributed by atoms with E-state index in [0.29, 0.717) is 13.1 Å². The fourth-order valence-corrected chi connectivity index (χ4v) is 2.71. The van der Waals surface area contributed by atoms with Crippen LogP contribution in [0.15, 0.2) is 48.5 Å². The summed E-state index contributed by atoms with van der Waals surface area (Å²) >= 11 is 0. The molecule has 1 aliphatic heterocycles. The lowest BCUT2D eigenvalue weighted by Crippen LogP contribution is -2.32. The Balaban J connectivity index is 1.72. The van der Waals surface area contributed by atoms with E-state index in [4.69, 9.17) is 0 Å². The average molecular weight is 284 g/mol. The number of hydrogen-bond acceptors (Lipinski definition) is 2. The van der Waals surface area contributed by atoms with Crippen LogP contribution in [0.1, 0.15) is 17.0 Å². The van der Waals surface area contributed by atoms with Crippen molar-refractivity contribution in [3.8, 4) is 0 Å². The van der Waals surface area contributed by atoms with Crippen molar-refractivity contribution in [1.29, 1.82) is 0 Å². The molecule has 1 N–H and O–H groups in total. The third-order valence-corrected chi connectivity index (χ3v) is 3.84. The van der Waals surface area contributed by atoms with Crippen molar-refractivity contribution >= 4 is 11.6 Å². The fourth-order valence-electron chi connectivity index (χ4n) is 2.71. The number of carbonyl (C=O) groups is 1. The van der Waals surface area contributed by atoms with Crippen molar-refractivity contribution < 1.29 is 9.18 Å². The number of anilines is 1. The highest BCUT2D eigenvalue weighted by atomic mass is 19.1. The number of benzene rings is 2. The molecule has 0 spiro atoms. The largest absolute Gasteiger partial charge is 0.384 e. The van der Waals surface area contributed by atoms with Crippen LogP contribution in [-0.4, -0.2) is 24.4 Å². The molecule has 1 unspecified atom stereocenters. The van der Waals surface area contributed by atoms with E-state index in [9.17, 15) is 9.18 Å². The number of halogens is 1. The Hall–Kier alpha value is -2.36. The first-order chi connectivity index (χ1) is 10.1. The number of carbonyl (C=O) groups excluding carboxylic acids is 1. The predicted octanol–water partition coefficient (Wildman–Crippen LogP) is 2.99. The molecule has 21 heavy (non-hydrogen) atoms. The molecule has 108 valence electrons. The molecule has 0 bridgehead atoms. The van der Waals surface area contributed by atoms with Crippen LogP contribution in [0.25, 0.3) is 0 Å². The average Bonchev–Trinajstić information content (AvgIpc) is 2.92. The lowest BCUT2D eigenvalue weighted by molar-refractivity contribution is -0.131. The molecular formula is C17H17FN2O. The van der Waals surface area contributed by atoms with Crippen LogP contribution < -0.4 is 5.32 Å². The summed E-state index contributed by atoms with van der Waals surface area (Å²) in [5.74, 6) is -0.329. The Morgan fingerprint density at radius 2 is 1.95 bits per heavy atom. The van der Waals surface area contributed by atoms with Gasteiger partial charge in [-0.05, 0) is 29.3 Å². The molecule has 0 aromatic heterocycles. The van der Waals surface area contributed by atoms with Crippen molar-refractivity contribution in [1.82, 2.24) is 4.90 Å². The summed E-state index contributed by atoms with van der Waals surface area (Å²) in [6, 6.07) is 14.1. The van der Waals surface area contributed by atoms with E-state index in [1.807, 2.05) is 24.3 Å². The SMILES string of the molecule is CN(Cc1ccc(F)cc1)C(=O)C1CNc2ccccc21. The van der Waals surface area contributed by atoms with Crippen LogP contribution >= 0.6 is 0 Å². The van der Waals surface area contributed by atoms with Gasteiger partial charge in [0.25, 0.3) is 0 Å². The van der Waals surface area contributed by atoms with E-state index in [2.05, 4.69) is 5.32 Å². The molecule has 2 aromatic rings. The number of likely N-dealkylation sites (N-methyl/N-ethyl adjacent to an activating group) is 1. The maximum absolute atomic E-state index is 12.9. The molecule has 0 saturated carbocycles. The highest BCUT2D eigenvalue weighted by Gasteiger charge is 2.30. The summed E-state index contributed by atoms with van der Waals surface area (Å²) in [6.07, 6.45) is 0. The predicted molar refractivity (Wildman–Crippen MR) is 80.5 cm³/mol. The minimum Gasteiger partial charge on any atom is -0.384 e. The fraction of sp³-hybridized carbons (Fsp3) is 0.235. The molecule has 0 fully saturated rings. The second-order valence-corrected chi connectivity index (χ2v) is 5.34. The number of rotatable bonds is 3. The Morgan fingerprint density at radius 3 is 2.71 bits per heavy atom. The zero-order valence-corrected chi connectivity index (χ0v) is 11.8. The summed E-state index contributed by atoms with van der Waals surface area (Å²) in [5.41, 5.74) is 3.01. The van der Waals surface area contributed by atoms with Crippen molar-refractivity contribution in [2.24, 2.45) is 0 Å². The summed E-state index contributed by atoms with van der Waals surface area (Å²) < 4.78 is 12.9. The van der Waals surface area contributed by atoms with Crippen LogP contribution in [-0.2, 0) is 11.3 Å². The number of hydrogen-bond donors (Lipinski definition) is 1. The molecule has 4 heteroatoms. The second-order valence-electron chi connectivity index (χ2n) is 5.34.